The molecule has 1 heterocycles. The first-order valence-corrected chi connectivity index (χ1v) is 5.77. The molecule has 2 rings (SSSR count). The van der Waals surface area contributed by atoms with Gasteiger partial charge >= 0.3 is 0 Å². The predicted octanol–water partition coefficient (Wildman–Crippen LogP) is 1.88. The van der Waals surface area contributed by atoms with Gasteiger partial charge in [-0.1, -0.05) is 0 Å². The minimum Gasteiger partial charge on any atom is -0.383 e. The fourth-order valence-electron chi connectivity index (χ4n) is 1.49. The minimum atomic E-state index is 0.204. The normalized spacial score (nSPS) is 15.6. The number of ketones is 1. The number of carbonyl (C=O) groups excluding carboxylic acids is 1. The number of ether oxygens (including phenoxy) is 1. The molecule has 0 aliphatic heterocycles. The molecular formula is C10H13BrN2O2. The molecule has 1 aliphatic rings. The molecule has 15 heavy (non-hydrogen) atoms. The molecule has 4 nitrogen and oxygen atoms in total. The van der Waals surface area contributed by atoms with Crippen molar-refractivity contribution in [3.8, 4) is 0 Å². The van der Waals surface area contributed by atoms with Crippen molar-refractivity contribution in [2.75, 3.05) is 13.7 Å². The second-order valence-electron chi connectivity index (χ2n) is 3.70. The molecule has 0 atom stereocenters. The lowest BCUT2D eigenvalue weighted by molar-refractivity contribution is 0.0952. The Balaban J connectivity index is 2.18. The molecule has 0 spiro atoms. The molecule has 5 heteroatoms. The third-order valence-electron chi connectivity index (χ3n) is 2.48. The Hall–Kier alpha value is -0.680. The third-order valence-corrected chi connectivity index (χ3v) is 3.06. The van der Waals surface area contributed by atoms with Crippen LogP contribution in [0.25, 0.3) is 0 Å². The van der Waals surface area contributed by atoms with Crippen molar-refractivity contribution in [1.82, 2.24) is 9.78 Å². The lowest BCUT2D eigenvalue weighted by atomic mass is 10.2. The highest BCUT2D eigenvalue weighted by Crippen LogP contribution is 2.34. The second-order valence-corrected chi connectivity index (χ2v) is 4.55. The van der Waals surface area contributed by atoms with Crippen LogP contribution in [0, 0.1) is 5.92 Å². The van der Waals surface area contributed by atoms with Crippen molar-refractivity contribution in [3.05, 3.63) is 16.4 Å². The molecule has 1 aromatic rings. The van der Waals surface area contributed by atoms with Gasteiger partial charge in [-0.2, -0.15) is 5.10 Å². The van der Waals surface area contributed by atoms with Gasteiger partial charge in [0, 0.05) is 13.0 Å². The van der Waals surface area contributed by atoms with Gasteiger partial charge in [0.15, 0.2) is 5.78 Å². The van der Waals surface area contributed by atoms with Crippen LogP contribution in [0.5, 0.6) is 0 Å². The van der Waals surface area contributed by atoms with Crippen molar-refractivity contribution in [2.45, 2.75) is 19.4 Å². The van der Waals surface area contributed by atoms with Gasteiger partial charge in [0.05, 0.1) is 23.8 Å². The molecular weight excluding hydrogens is 260 g/mol. The van der Waals surface area contributed by atoms with E-state index in [0.717, 1.165) is 17.3 Å². The van der Waals surface area contributed by atoms with Crippen LogP contribution in [0.15, 0.2) is 10.7 Å². The average Bonchev–Trinajstić information content (AvgIpc) is 3.00. The maximum absolute atomic E-state index is 11.9. The topological polar surface area (TPSA) is 44.1 Å². The Morgan fingerprint density at radius 2 is 2.47 bits per heavy atom. The number of halogens is 1. The fraction of sp³-hybridized carbons (Fsp3) is 0.600. The molecule has 82 valence electrons. The van der Waals surface area contributed by atoms with Crippen LogP contribution in [0.3, 0.4) is 0 Å². The number of methoxy groups -OCH3 is 1. The number of hydrogen-bond acceptors (Lipinski definition) is 3. The van der Waals surface area contributed by atoms with E-state index in [9.17, 15) is 4.79 Å². The SMILES string of the molecule is COCCn1ncc(Br)c1C(=O)C1CC1. The fourth-order valence-corrected chi connectivity index (χ4v) is 1.99. The number of nitrogens with zero attached hydrogens (tertiary/aromatic N) is 2. The number of Topliss-reactive ketones (excluding diaryl/α,β-unsaturated/α-hetero) is 1. The molecule has 0 amide bonds. The van der Waals surface area contributed by atoms with E-state index in [2.05, 4.69) is 21.0 Å². The van der Waals surface area contributed by atoms with E-state index in [0.29, 0.717) is 18.8 Å². The molecule has 0 N–H and O–H groups in total. The first-order chi connectivity index (χ1) is 7.24. The Bertz CT molecular complexity index is 371. The van der Waals surface area contributed by atoms with Crippen LogP contribution in [0.2, 0.25) is 0 Å². The lowest BCUT2D eigenvalue weighted by Crippen LogP contribution is -2.15. The summed E-state index contributed by atoms with van der Waals surface area (Å²) in [7, 11) is 1.64. The van der Waals surface area contributed by atoms with Crippen LogP contribution >= 0.6 is 15.9 Å². The van der Waals surface area contributed by atoms with Gasteiger partial charge in [0.1, 0.15) is 5.69 Å². The average molecular weight is 273 g/mol. The lowest BCUT2D eigenvalue weighted by Gasteiger charge is -2.05. The summed E-state index contributed by atoms with van der Waals surface area (Å²) in [5.41, 5.74) is 0.689. The first-order valence-electron chi connectivity index (χ1n) is 4.98. The monoisotopic (exact) mass is 272 g/mol. The van der Waals surface area contributed by atoms with E-state index in [1.165, 1.54) is 0 Å². The Morgan fingerprint density at radius 3 is 3.07 bits per heavy atom. The molecule has 1 saturated carbocycles. The van der Waals surface area contributed by atoms with Gasteiger partial charge in [-0.3, -0.25) is 9.48 Å². The second kappa shape index (κ2) is 4.45. The summed E-state index contributed by atoms with van der Waals surface area (Å²) in [6, 6.07) is 0. The van der Waals surface area contributed by atoms with Crippen molar-refractivity contribution in [3.63, 3.8) is 0 Å². The number of carbonyl (C=O) groups is 1. The Morgan fingerprint density at radius 1 is 1.73 bits per heavy atom. The molecule has 1 aliphatic carbocycles. The number of rotatable bonds is 5. The van der Waals surface area contributed by atoms with Crippen LogP contribution < -0.4 is 0 Å². The van der Waals surface area contributed by atoms with E-state index in [-0.39, 0.29) is 11.7 Å². The van der Waals surface area contributed by atoms with Crippen molar-refractivity contribution >= 4 is 21.7 Å². The van der Waals surface area contributed by atoms with Crippen LogP contribution in [-0.4, -0.2) is 29.3 Å². The third kappa shape index (κ3) is 2.29. The highest BCUT2D eigenvalue weighted by Gasteiger charge is 2.33. The summed E-state index contributed by atoms with van der Waals surface area (Å²) in [6.45, 7) is 1.19. The summed E-state index contributed by atoms with van der Waals surface area (Å²) in [6.07, 6.45) is 3.70. The minimum absolute atomic E-state index is 0.204. The zero-order chi connectivity index (χ0) is 10.8. The zero-order valence-electron chi connectivity index (χ0n) is 8.57. The van der Waals surface area contributed by atoms with Gasteiger partial charge in [-0.25, -0.2) is 0 Å². The summed E-state index contributed by atoms with van der Waals surface area (Å²) in [5, 5.41) is 4.15. The maximum atomic E-state index is 11.9. The standard InChI is InChI=1S/C10H13BrN2O2/c1-15-5-4-13-9(8(11)6-12-13)10(14)7-2-3-7/h6-7H,2-5H2,1H3. The van der Waals surface area contributed by atoms with Crippen LogP contribution in [0.1, 0.15) is 23.3 Å². The molecule has 0 unspecified atom stereocenters. The van der Waals surface area contributed by atoms with E-state index in [1.54, 1.807) is 18.0 Å². The van der Waals surface area contributed by atoms with Gasteiger partial charge in [-0.15, -0.1) is 0 Å². The van der Waals surface area contributed by atoms with Crippen molar-refractivity contribution in [1.29, 1.82) is 0 Å². The summed E-state index contributed by atoms with van der Waals surface area (Å²) < 4.78 is 7.48. The Labute approximate surface area is 96.7 Å². The van der Waals surface area contributed by atoms with Crippen LogP contribution in [0.4, 0.5) is 0 Å². The number of hydrogen-bond donors (Lipinski definition) is 0. The first kappa shape index (κ1) is 10.8. The largest absolute Gasteiger partial charge is 0.383 e. The van der Waals surface area contributed by atoms with Gasteiger partial charge in [0.2, 0.25) is 0 Å². The molecule has 1 aromatic heterocycles. The van der Waals surface area contributed by atoms with E-state index >= 15 is 0 Å². The van der Waals surface area contributed by atoms with Crippen molar-refractivity contribution < 1.29 is 9.53 Å². The zero-order valence-corrected chi connectivity index (χ0v) is 10.2. The van der Waals surface area contributed by atoms with Gasteiger partial charge in [0.25, 0.3) is 0 Å². The molecule has 0 bridgehead atoms. The Kier molecular flexibility index (Phi) is 3.21. The molecule has 0 saturated heterocycles. The quantitative estimate of drug-likeness (QED) is 0.769. The van der Waals surface area contributed by atoms with Gasteiger partial charge < -0.3 is 4.74 Å². The molecule has 0 aromatic carbocycles. The summed E-state index contributed by atoms with van der Waals surface area (Å²) >= 11 is 3.36. The molecule has 0 radical (unpaired) electrons. The maximum Gasteiger partial charge on any atom is 0.185 e. The van der Waals surface area contributed by atoms with Crippen LogP contribution in [-0.2, 0) is 11.3 Å². The van der Waals surface area contributed by atoms with Crippen molar-refractivity contribution in [2.24, 2.45) is 5.92 Å². The predicted molar refractivity (Wildman–Crippen MR) is 58.9 cm³/mol. The van der Waals surface area contributed by atoms with E-state index < -0.39 is 0 Å². The smallest absolute Gasteiger partial charge is 0.185 e. The summed E-state index contributed by atoms with van der Waals surface area (Å²) in [5.74, 6) is 0.426. The van der Waals surface area contributed by atoms with E-state index in [4.69, 9.17) is 4.74 Å². The number of aromatic nitrogens is 2. The van der Waals surface area contributed by atoms with E-state index in [1.807, 2.05) is 0 Å². The summed E-state index contributed by atoms with van der Waals surface area (Å²) in [4.78, 5) is 11.9. The highest BCUT2D eigenvalue weighted by atomic mass is 79.9. The van der Waals surface area contributed by atoms with Gasteiger partial charge in [-0.05, 0) is 28.8 Å². The molecule has 1 fully saturated rings. The highest BCUT2D eigenvalue weighted by molar-refractivity contribution is 9.10.